The van der Waals surface area contributed by atoms with E-state index in [4.69, 9.17) is 14.2 Å². The highest BCUT2D eigenvalue weighted by Crippen LogP contribution is 2.16. The van der Waals surface area contributed by atoms with Gasteiger partial charge in [-0.05, 0) is 77.0 Å². The summed E-state index contributed by atoms with van der Waals surface area (Å²) in [6.45, 7) is 7.70. The molecule has 0 aromatic carbocycles. The Labute approximate surface area is 411 Å². The Morgan fingerprint density at radius 2 is 0.697 bits per heavy atom. The number of carbonyl (C=O) groups is 2. The first-order valence-corrected chi connectivity index (χ1v) is 28.8. The SMILES string of the molecule is CC/C=C\C/C=C\C/C=C\C/C=C\CCCCCCCCC(=O)OCC(COCCCCCCCCCCCCCCCCCCCCCC)OC(=O)CCCCCCC/C=C\CCCC. The van der Waals surface area contributed by atoms with Crippen molar-refractivity contribution in [3.63, 3.8) is 0 Å². The van der Waals surface area contributed by atoms with Gasteiger partial charge in [-0.25, -0.2) is 0 Å². The van der Waals surface area contributed by atoms with Gasteiger partial charge >= 0.3 is 11.9 Å². The Morgan fingerprint density at radius 3 is 1.15 bits per heavy atom. The summed E-state index contributed by atoms with van der Waals surface area (Å²) in [5.41, 5.74) is 0. The predicted molar refractivity (Wildman–Crippen MR) is 288 cm³/mol. The molecule has 0 bridgehead atoms. The van der Waals surface area contributed by atoms with E-state index < -0.39 is 6.10 Å². The van der Waals surface area contributed by atoms with Crippen LogP contribution in [0, 0.1) is 0 Å². The monoisotopic (exact) mass is 923 g/mol. The minimum Gasteiger partial charge on any atom is -0.462 e. The van der Waals surface area contributed by atoms with Crippen LogP contribution in [0.25, 0.3) is 0 Å². The average Bonchev–Trinajstić information content (AvgIpc) is 3.32. The average molecular weight is 924 g/mol. The predicted octanol–water partition coefficient (Wildman–Crippen LogP) is 19.7. The number of carbonyl (C=O) groups excluding carboxylic acids is 2. The van der Waals surface area contributed by atoms with Crippen molar-refractivity contribution in [1.82, 2.24) is 0 Å². The number of unbranched alkanes of at least 4 members (excludes halogenated alkanes) is 32. The molecule has 384 valence electrons. The lowest BCUT2D eigenvalue weighted by Gasteiger charge is -2.18. The number of hydrogen-bond donors (Lipinski definition) is 0. The summed E-state index contributed by atoms with van der Waals surface area (Å²) in [5.74, 6) is -0.413. The van der Waals surface area contributed by atoms with E-state index >= 15 is 0 Å². The lowest BCUT2D eigenvalue weighted by atomic mass is 10.0. The summed E-state index contributed by atoms with van der Waals surface area (Å²) in [4.78, 5) is 25.5. The molecule has 0 aromatic rings. The molecule has 66 heavy (non-hydrogen) atoms. The molecule has 0 spiro atoms. The van der Waals surface area contributed by atoms with E-state index in [2.05, 4.69) is 81.5 Å². The Balaban J connectivity index is 4.20. The van der Waals surface area contributed by atoms with Crippen LogP contribution < -0.4 is 0 Å². The van der Waals surface area contributed by atoms with Crippen LogP contribution in [0.15, 0.2) is 60.8 Å². The molecule has 1 atom stereocenters. The quantitative estimate of drug-likeness (QED) is 0.0346. The summed E-state index contributed by atoms with van der Waals surface area (Å²) < 4.78 is 17.5. The van der Waals surface area contributed by atoms with E-state index in [1.54, 1.807) is 0 Å². The van der Waals surface area contributed by atoms with Crippen molar-refractivity contribution in [2.45, 2.75) is 297 Å². The second kappa shape index (κ2) is 56.9. The Morgan fingerprint density at radius 1 is 0.348 bits per heavy atom. The van der Waals surface area contributed by atoms with E-state index in [0.29, 0.717) is 19.4 Å². The second-order valence-electron chi connectivity index (χ2n) is 19.2. The first-order valence-electron chi connectivity index (χ1n) is 28.8. The second-order valence-corrected chi connectivity index (χ2v) is 19.2. The minimum absolute atomic E-state index is 0.0763. The van der Waals surface area contributed by atoms with Crippen molar-refractivity contribution in [2.75, 3.05) is 19.8 Å². The van der Waals surface area contributed by atoms with Crippen LogP contribution in [0.3, 0.4) is 0 Å². The lowest BCUT2D eigenvalue weighted by molar-refractivity contribution is -0.163. The first-order chi connectivity index (χ1) is 32.6. The number of ether oxygens (including phenoxy) is 3. The highest BCUT2D eigenvalue weighted by molar-refractivity contribution is 5.70. The largest absolute Gasteiger partial charge is 0.462 e. The molecule has 0 fully saturated rings. The molecule has 0 aliphatic heterocycles. The molecule has 0 N–H and O–H groups in total. The van der Waals surface area contributed by atoms with Gasteiger partial charge in [0, 0.05) is 19.4 Å². The standard InChI is InChI=1S/C61H110O5/c1-4-7-10-13-16-19-22-24-26-28-30-32-34-36-38-41-44-47-50-53-56-64-57-59(66-61(63)55-52-49-46-43-39-21-18-15-12-9-6-3)58-65-60(62)54-51-48-45-42-40-37-35-33-31-29-27-25-23-20-17-14-11-8-5-2/h8,11,15,17-18,20,25,27,31,33,59H,4-7,9-10,12-14,16,19,21-24,26,28-30,32,34-58H2,1-3H3/b11-8-,18-15-,20-17-,27-25-,33-31-. The van der Waals surface area contributed by atoms with Crippen molar-refractivity contribution in [3.05, 3.63) is 60.8 Å². The molecule has 1 unspecified atom stereocenters. The summed E-state index contributed by atoms with van der Waals surface area (Å²) in [6, 6.07) is 0. The van der Waals surface area contributed by atoms with Crippen molar-refractivity contribution in [2.24, 2.45) is 0 Å². The Bertz CT molecular complexity index is 1130. The first kappa shape index (κ1) is 63.6. The van der Waals surface area contributed by atoms with Gasteiger partial charge in [-0.2, -0.15) is 0 Å². The van der Waals surface area contributed by atoms with Gasteiger partial charge < -0.3 is 14.2 Å². The van der Waals surface area contributed by atoms with Crippen molar-refractivity contribution < 1.29 is 23.8 Å². The van der Waals surface area contributed by atoms with Crippen LogP contribution in [0.5, 0.6) is 0 Å². The molecule has 0 heterocycles. The van der Waals surface area contributed by atoms with Crippen LogP contribution >= 0.6 is 0 Å². The maximum absolute atomic E-state index is 12.8. The van der Waals surface area contributed by atoms with Gasteiger partial charge in [-0.3, -0.25) is 9.59 Å². The molecule has 0 saturated heterocycles. The van der Waals surface area contributed by atoms with E-state index in [0.717, 1.165) is 83.5 Å². The zero-order valence-electron chi connectivity index (χ0n) is 44.2. The molecule has 0 aliphatic rings. The van der Waals surface area contributed by atoms with Crippen LogP contribution in [0.4, 0.5) is 0 Å². The fraction of sp³-hybridized carbons (Fsp3) is 0.803. The van der Waals surface area contributed by atoms with Gasteiger partial charge in [0.05, 0.1) is 6.61 Å². The molecule has 0 aliphatic carbocycles. The fourth-order valence-corrected chi connectivity index (χ4v) is 8.25. The molecule has 5 nitrogen and oxygen atoms in total. The maximum Gasteiger partial charge on any atom is 0.306 e. The zero-order valence-corrected chi connectivity index (χ0v) is 44.2. The molecule has 0 radical (unpaired) electrons. The number of allylic oxidation sites excluding steroid dienone is 10. The molecule has 0 saturated carbocycles. The van der Waals surface area contributed by atoms with Crippen molar-refractivity contribution in [3.8, 4) is 0 Å². The van der Waals surface area contributed by atoms with E-state index in [9.17, 15) is 9.59 Å². The summed E-state index contributed by atoms with van der Waals surface area (Å²) >= 11 is 0. The zero-order chi connectivity index (χ0) is 47.7. The highest BCUT2D eigenvalue weighted by Gasteiger charge is 2.17. The van der Waals surface area contributed by atoms with Crippen molar-refractivity contribution >= 4 is 11.9 Å². The summed E-state index contributed by atoms with van der Waals surface area (Å²) in [6.07, 6.45) is 72.5. The normalized spacial score (nSPS) is 12.6. The van der Waals surface area contributed by atoms with Gasteiger partial charge in [0.15, 0.2) is 6.10 Å². The number of rotatable bonds is 53. The van der Waals surface area contributed by atoms with Gasteiger partial charge in [-0.1, -0.05) is 261 Å². The fourth-order valence-electron chi connectivity index (χ4n) is 8.25. The van der Waals surface area contributed by atoms with E-state index in [1.165, 1.54) is 173 Å². The molecular weight excluding hydrogens is 813 g/mol. The van der Waals surface area contributed by atoms with Gasteiger partial charge in [-0.15, -0.1) is 0 Å². The van der Waals surface area contributed by atoms with Crippen molar-refractivity contribution in [1.29, 1.82) is 0 Å². The van der Waals surface area contributed by atoms with Crippen LogP contribution in [0.2, 0.25) is 0 Å². The van der Waals surface area contributed by atoms with E-state index in [-0.39, 0.29) is 25.2 Å². The van der Waals surface area contributed by atoms with Gasteiger partial charge in [0.25, 0.3) is 0 Å². The third-order valence-electron chi connectivity index (χ3n) is 12.5. The van der Waals surface area contributed by atoms with Crippen LogP contribution in [-0.2, 0) is 23.8 Å². The molecule has 5 heteroatoms. The smallest absolute Gasteiger partial charge is 0.306 e. The molecular formula is C61H110O5. The van der Waals surface area contributed by atoms with Gasteiger partial charge in [0.2, 0.25) is 0 Å². The third kappa shape index (κ3) is 54.2. The summed E-state index contributed by atoms with van der Waals surface area (Å²) in [5, 5.41) is 0. The Hall–Kier alpha value is -2.40. The third-order valence-corrected chi connectivity index (χ3v) is 12.5. The lowest BCUT2D eigenvalue weighted by Crippen LogP contribution is -2.30. The molecule has 0 aromatic heterocycles. The molecule has 0 amide bonds. The maximum atomic E-state index is 12.8. The van der Waals surface area contributed by atoms with E-state index in [1.807, 2.05) is 0 Å². The number of hydrogen-bond acceptors (Lipinski definition) is 5. The highest BCUT2D eigenvalue weighted by atomic mass is 16.6. The molecule has 0 rings (SSSR count). The van der Waals surface area contributed by atoms with Crippen LogP contribution in [0.1, 0.15) is 290 Å². The topological polar surface area (TPSA) is 61.8 Å². The number of esters is 2. The Kier molecular flexibility index (Phi) is 54.9. The van der Waals surface area contributed by atoms with Crippen LogP contribution in [-0.4, -0.2) is 37.9 Å². The summed E-state index contributed by atoms with van der Waals surface area (Å²) in [7, 11) is 0. The van der Waals surface area contributed by atoms with Gasteiger partial charge in [0.1, 0.15) is 6.61 Å². The minimum atomic E-state index is -0.545.